The molecule has 1 aliphatic rings. The molecule has 0 aliphatic carbocycles. The number of carbonyl (C=O) groups excluding carboxylic acids is 1. The molecule has 0 saturated carbocycles. The highest BCUT2D eigenvalue weighted by molar-refractivity contribution is 5.90. The monoisotopic (exact) mass is 420 g/mol. The standard InChI is InChI=1S/C20H20N8O3/c1-12(29)25-14-7-16-17(22-11-14)28(19(31)18(30)26(16)2)15-3-5-27(6-4-15)20-23-9-13(8-21)10-24-20/h7,9-11,15H,3-6H2,1-2H3,(H,25,29). The van der Waals surface area contributed by atoms with Crippen LogP contribution < -0.4 is 21.3 Å². The molecule has 1 N–H and O–H groups in total. The van der Waals surface area contributed by atoms with Crippen LogP contribution in [0.15, 0.2) is 34.2 Å². The van der Waals surface area contributed by atoms with E-state index in [2.05, 4.69) is 20.3 Å². The van der Waals surface area contributed by atoms with Gasteiger partial charge in [0.1, 0.15) is 6.07 Å². The molecule has 1 saturated heterocycles. The Morgan fingerprint density at radius 3 is 2.42 bits per heavy atom. The zero-order chi connectivity index (χ0) is 22.1. The Morgan fingerprint density at radius 2 is 1.81 bits per heavy atom. The minimum absolute atomic E-state index is 0.211. The number of amides is 1. The molecule has 4 rings (SSSR count). The number of carbonyl (C=O) groups is 1. The molecule has 1 fully saturated rings. The normalized spacial score (nSPS) is 14.4. The molecule has 4 heterocycles. The Labute approximate surface area is 176 Å². The zero-order valence-electron chi connectivity index (χ0n) is 17.1. The number of piperidine rings is 1. The summed E-state index contributed by atoms with van der Waals surface area (Å²) in [5, 5.41) is 11.5. The predicted molar refractivity (Wildman–Crippen MR) is 113 cm³/mol. The van der Waals surface area contributed by atoms with E-state index in [0.717, 1.165) is 0 Å². The molecule has 0 aromatic carbocycles. The van der Waals surface area contributed by atoms with Gasteiger partial charge in [0.25, 0.3) is 0 Å². The molecule has 158 valence electrons. The van der Waals surface area contributed by atoms with Crippen LogP contribution in [0, 0.1) is 11.3 Å². The summed E-state index contributed by atoms with van der Waals surface area (Å²) in [6, 6.07) is 3.42. The van der Waals surface area contributed by atoms with Crippen molar-refractivity contribution in [3.05, 3.63) is 50.9 Å². The third kappa shape index (κ3) is 3.75. The highest BCUT2D eigenvalue weighted by Gasteiger charge is 2.26. The van der Waals surface area contributed by atoms with Gasteiger partial charge in [-0.15, -0.1) is 0 Å². The minimum atomic E-state index is -0.646. The fourth-order valence-corrected chi connectivity index (χ4v) is 3.81. The van der Waals surface area contributed by atoms with E-state index in [1.165, 1.54) is 41.7 Å². The third-order valence-corrected chi connectivity index (χ3v) is 5.34. The lowest BCUT2D eigenvalue weighted by Gasteiger charge is -2.33. The fraction of sp³-hybridized carbons (Fsp3) is 0.350. The molecular weight excluding hydrogens is 400 g/mol. The van der Waals surface area contributed by atoms with E-state index in [0.29, 0.717) is 54.3 Å². The maximum Gasteiger partial charge on any atom is 0.318 e. The average molecular weight is 420 g/mol. The number of rotatable bonds is 3. The summed E-state index contributed by atoms with van der Waals surface area (Å²) in [5.41, 5.74) is 0.437. The maximum absolute atomic E-state index is 12.8. The van der Waals surface area contributed by atoms with Gasteiger partial charge in [-0.2, -0.15) is 5.26 Å². The van der Waals surface area contributed by atoms with Gasteiger partial charge in [-0.25, -0.2) is 15.0 Å². The first kappa shape index (κ1) is 20.2. The van der Waals surface area contributed by atoms with E-state index in [4.69, 9.17) is 5.26 Å². The van der Waals surface area contributed by atoms with E-state index >= 15 is 0 Å². The summed E-state index contributed by atoms with van der Waals surface area (Å²) in [5.74, 6) is 0.272. The second-order valence-corrected chi connectivity index (χ2v) is 7.39. The van der Waals surface area contributed by atoms with Crippen molar-refractivity contribution in [3.8, 4) is 6.07 Å². The van der Waals surface area contributed by atoms with Crippen LogP contribution in [0.5, 0.6) is 0 Å². The molecule has 3 aromatic rings. The van der Waals surface area contributed by atoms with Gasteiger partial charge in [0, 0.05) is 33.1 Å². The SMILES string of the molecule is CC(=O)Nc1cnc2c(c1)n(C)c(=O)c(=O)n2C1CCN(c2ncc(C#N)cn2)CC1. The fourth-order valence-electron chi connectivity index (χ4n) is 3.81. The molecule has 11 heteroatoms. The number of nitriles is 1. The van der Waals surface area contributed by atoms with Crippen molar-refractivity contribution in [3.63, 3.8) is 0 Å². The summed E-state index contributed by atoms with van der Waals surface area (Å²) >= 11 is 0. The second kappa shape index (κ2) is 7.98. The quantitative estimate of drug-likeness (QED) is 0.606. The Hall–Kier alpha value is -4.07. The van der Waals surface area contributed by atoms with Gasteiger partial charge in [0.15, 0.2) is 5.65 Å². The smallest absolute Gasteiger partial charge is 0.318 e. The number of nitrogens with one attached hydrogen (secondary N) is 1. The van der Waals surface area contributed by atoms with Crippen LogP contribution in [-0.2, 0) is 11.8 Å². The molecule has 11 nitrogen and oxygen atoms in total. The van der Waals surface area contributed by atoms with Crippen molar-refractivity contribution in [2.24, 2.45) is 7.05 Å². The number of hydrogen-bond acceptors (Lipinski definition) is 8. The van der Waals surface area contributed by atoms with E-state index in [1.807, 2.05) is 11.0 Å². The lowest BCUT2D eigenvalue weighted by Crippen LogP contribution is -2.45. The summed E-state index contributed by atoms with van der Waals surface area (Å²) in [6.07, 6.45) is 5.62. The van der Waals surface area contributed by atoms with Gasteiger partial charge in [-0.3, -0.25) is 19.0 Å². The molecular formula is C20H20N8O3. The molecule has 1 amide bonds. The van der Waals surface area contributed by atoms with Gasteiger partial charge in [-0.1, -0.05) is 0 Å². The summed E-state index contributed by atoms with van der Waals surface area (Å²) in [4.78, 5) is 51.6. The molecule has 0 radical (unpaired) electrons. The third-order valence-electron chi connectivity index (χ3n) is 5.34. The van der Waals surface area contributed by atoms with Crippen molar-refractivity contribution in [1.82, 2.24) is 24.1 Å². The summed E-state index contributed by atoms with van der Waals surface area (Å²) in [7, 11) is 1.51. The number of anilines is 2. The van der Waals surface area contributed by atoms with E-state index in [9.17, 15) is 14.4 Å². The van der Waals surface area contributed by atoms with Crippen molar-refractivity contribution in [2.45, 2.75) is 25.8 Å². The molecule has 0 unspecified atom stereocenters. The van der Waals surface area contributed by atoms with Crippen molar-refractivity contribution in [2.75, 3.05) is 23.3 Å². The first-order chi connectivity index (χ1) is 14.9. The number of aromatic nitrogens is 5. The number of aryl methyl sites for hydroxylation is 1. The number of pyridine rings is 1. The molecule has 31 heavy (non-hydrogen) atoms. The lowest BCUT2D eigenvalue weighted by atomic mass is 10.0. The van der Waals surface area contributed by atoms with Crippen LogP contribution in [0.2, 0.25) is 0 Å². The van der Waals surface area contributed by atoms with E-state index in [1.54, 1.807) is 6.07 Å². The minimum Gasteiger partial charge on any atom is -0.341 e. The average Bonchev–Trinajstić information content (AvgIpc) is 2.78. The highest BCUT2D eigenvalue weighted by atomic mass is 16.2. The molecule has 0 atom stereocenters. The molecule has 0 bridgehead atoms. The van der Waals surface area contributed by atoms with Gasteiger partial charge >= 0.3 is 11.1 Å². The van der Waals surface area contributed by atoms with Crippen molar-refractivity contribution in [1.29, 1.82) is 5.26 Å². The van der Waals surface area contributed by atoms with E-state index in [-0.39, 0.29) is 11.9 Å². The highest BCUT2D eigenvalue weighted by Crippen LogP contribution is 2.26. The topological polar surface area (TPSA) is 139 Å². The van der Waals surface area contributed by atoms with Crippen LogP contribution in [0.1, 0.15) is 31.4 Å². The maximum atomic E-state index is 12.8. The van der Waals surface area contributed by atoms with Crippen LogP contribution in [0.25, 0.3) is 11.2 Å². The van der Waals surface area contributed by atoms with Crippen LogP contribution in [0.4, 0.5) is 11.6 Å². The van der Waals surface area contributed by atoms with Crippen molar-refractivity contribution >= 4 is 28.7 Å². The van der Waals surface area contributed by atoms with Gasteiger partial charge in [0.05, 0.1) is 35.4 Å². The van der Waals surface area contributed by atoms with Crippen molar-refractivity contribution < 1.29 is 4.79 Å². The van der Waals surface area contributed by atoms with Gasteiger partial charge in [-0.05, 0) is 18.9 Å². The first-order valence-corrected chi connectivity index (χ1v) is 9.75. The summed E-state index contributed by atoms with van der Waals surface area (Å²) in [6.45, 7) is 2.56. The lowest BCUT2D eigenvalue weighted by molar-refractivity contribution is -0.114. The first-order valence-electron chi connectivity index (χ1n) is 9.75. The van der Waals surface area contributed by atoms with E-state index < -0.39 is 11.1 Å². The Kier molecular flexibility index (Phi) is 5.21. The number of hydrogen-bond donors (Lipinski definition) is 1. The van der Waals surface area contributed by atoms with Crippen LogP contribution in [0.3, 0.4) is 0 Å². The number of fused-ring (bicyclic) bond motifs is 1. The Morgan fingerprint density at radius 1 is 1.13 bits per heavy atom. The molecule has 3 aromatic heterocycles. The van der Waals surface area contributed by atoms with Crippen LogP contribution in [-0.4, -0.2) is 43.1 Å². The largest absolute Gasteiger partial charge is 0.341 e. The zero-order valence-corrected chi connectivity index (χ0v) is 17.1. The number of nitrogens with zero attached hydrogens (tertiary/aromatic N) is 7. The molecule has 0 spiro atoms. The van der Waals surface area contributed by atoms with Gasteiger partial charge < -0.3 is 14.8 Å². The predicted octanol–water partition coefficient (Wildman–Crippen LogP) is 0.557. The molecule has 1 aliphatic heterocycles. The Bertz CT molecular complexity index is 1310. The Balaban J connectivity index is 1.66. The van der Waals surface area contributed by atoms with Gasteiger partial charge in [0.2, 0.25) is 11.9 Å². The van der Waals surface area contributed by atoms with Crippen LogP contribution >= 0.6 is 0 Å². The summed E-state index contributed by atoms with van der Waals surface area (Å²) < 4.78 is 2.72. The second-order valence-electron chi connectivity index (χ2n) is 7.39.